The highest BCUT2D eigenvalue weighted by Gasteiger charge is 2.66. The first kappa shape index (κ1) is 24.7. The van der Waals surface area contributed by atoms with E-state index in [1.807, 2.05) is 0 Å². The molecule has 1 saturated heterocycles. The minimum Gasteiger partial charge on any atom is -0.494 e. The smallest absolute Gasteiger partial charge is 0.205 e. The van der Waals surface area contributed by atoms with E-state index in [2.05, 4.69) is 4.85 Å². The van der Waals surface area contributed by atoms with Gasteiger partial charge in [-0.2, -0.15) is 9.65 Å². The third kappa shape index (κ3) is 3.26. The molecule has 2 bridgehead atoms. The lowest BCUT2D eigenvalue weighted by Crippen LogP contribution is -2.33. The molecule has 0 saturated carbocycles. The second-order valence-electron chi connectivity index (χ2n) is 9.87. The van der Waals surface area contributed by atoms with Crippen molar-refractivity contribution in [2.24, 2.45) is 0 Å². The van der Waals surface area contributed by atoms with Crippen molar-refractivity contribution in [2.45, 2.75) is 37.1 Å². The van der Waals surface area contributed by atoms with E-state index in [4.69, 9.17) is 21.3 Å². The SMILES string of the molecule is [C-]#[N+]c1ccc(-n2c(O)c3c(c2O)C2(C)OC3(CCOc3ccc(C#N)c(F)c3F)CC2O)c2ccccc12. The number of aromatic hydroxyl groups is 2. The summed E-state index contributed by atoms with van der Waals surface area (Å²) in [6, 6.07) is 14.2. The average Bonchev–Trinajstić information content (AvgIpc) is 3.47. The van der Waals surface area contributed by atoms with E-state index >= 15 is 0 Å². The van der Waals surface area contributed by atoms with Crippen LogP contribution in [0.4, 0.5) is 14.5 Å². The van der Waals surface area contributed by atoms with E-state index in [1.165, 1.54) is 4.57 Å². The third-order valence-corrected chi connectivity index (χ3v) is 7.81. The largest absolute Gasteiger partial charge is 0.494 e. The third-order valence-electron chi connectivity index (χ3n) is 7.81. The van der Waals surface area contributed by atoms with E-state index in [0.29, 0.717) is 22.1 Å². The number of ether oxygens (including phenoxy) is 2. The Kier molecular flexibility index (Phi) is 5.34. The highest BCUT2D eigenvalue weighted by Crippen LogP contribution is 2.65. The van der Waals surface area contributed by atoms with Crippen LogP contribution in [0.5, 0.6) is 17.5 Å². The van der Waals surface area contributed by atoms with Gasteiger partial charge in [-0.3, -0.25) is 4.57 Å². The fourth-order valence-corrected chi connectivity index (χ4v) is 5.96. The van der Waals surface area contributed by atoms with Gasteiger partial charge in [-0.25, -0.2) is 9.24 Å². The number of nitrogens with zero attached hydrogens (tertiary/aromatic N) is 3. The van der Waals surface area contributed by atoms with Crippen molar-refractivity contribution in [3.8, 4) is 29.3 Å². The Morgan fingerprint density at radius 3 is 2.54 bits per heavy atom. The maximum absolute atomic E-state index is 14.4. The van der Waals surface area contributed by atoms with Crippen LogP contribution in [0.2, 0.25) is 0 Å². The number of rotatable bonds is 5. The molecule has 0 spiro atoms. The number of aliphatic hydroxyl groups excluding tert-OH is 1. The molecule has 10 heteroatoms. The number of hydrogen-bond donors (Lipinski definition) is 3. The minimum absolute atomic E-state index is 0.0299. The van der Waals surface area contributed by atoms with Crippen LogP contribution in [0, 0.1) is 29.5 Å². The Balaban J connectivity index is 1.42. The van der Waals surface area contributed by atoms with Gasteiger partial charge in [0.25, 0.3) is 0 Å². The number of fused-ring (bicyclic) bond motifs is 6. The van der Waals surface area contributed by atoms with Crippen molar-refractivity contribution in [3.05, 3.63) is 88.3 Å². The molecule has 196 valence electrons. The van der Waals surface area contributed by atoms with E-state index in [9.17, 15) is 24.1 Å². The van der Waals surface area contributed by atoms with Gasteiger partial charge in [0.15, 0.2) is 17.3 Å². The van der Waals surface area contributed by atoms with Crippen LogP contribution in [0.15, 0.2) is 48.5 Å². The summed E-state index contributed by atoms with van der Waals surface area (Å²) in [4.78, 5) is 3.56. The maximum Gasteiger partial charge on any atom is 0.205 e. The summed E-state index contributed by atoms with van der Waals surface area (Å²) in [5, 5.41) is 44.0. The van der Waals surface area contributed by atoms with Crippen LogP contribution in [-0.2, 0) is 15.9 Å². The molecular formula is C29H21F2N3O5. The molecule has 1 aromatic heterocycles. The topological polar surface area (TPSA) is 112 Å². The molecule has 0 aliphatic carbocycles. The van der Waals surface area contributed by atoms with Crippen molar-refractivity contribution < 1.29 is 33.6 Å². The Labute approximate surface area is 221 Å². The zero-order valence-electron chi connectivity index (χ0n) is 20.6. The summed E-state index contributed by atoms with van der Waals surface area (Å²) in [5.74, 6) is -3.61. The fourth-order valence-electron chi connectivity index (χ4n) is 5.96. The van der Waals surface area contributed by atoms with Gasteiger partial charge in [-0.1, -0.05) is 30.3 Å². The lowest BCUT2D eigenvalue weighted by atomic mass is 9.76. The van der Waals surface area contributed by atoms with E-state index in [-0.39, 0.29) is 42.3 Å². The predicted molar refractivity (Wildman–Crippen MR) is 135 cm³/mol. The molecule has 2 aliphatic heterocycles. The summed E-state index contributed by atoms with van der Waals surface area (Å²) >= 11 is 0. The number of halogens is 2. The van der Waals surface area contributed by atoms with Gasteiger partial charge < -0.3 is 24.8 Å². The maximum atomic E-state index is 14.4. The Morgan fingerprint density at radius 1 is 1.10 bits per heavy atom. The van der Waals surface area contributed by atoms with Gasteiger partial charge >= 0.3 is 0 Å². The molecule has 39 heavy (non-hydrogen) atoms. The quantitative estimate of drug-likeness (QED) is 0.298. The van der Waals surface area contributed by atoms with Crippen molar-refractivity contribution in [2.75, 3.05) is 6.61 Å². The molecule has 3 N–H and O–H groups in total. The first-order valence-corrected chi connectivity index (χ1v) is 12.1. The van der Waals surface area contributed by atoms with Crippen LogP contribution in [0.3, 0.4) is 0 Å². The summed E-state index contributed by atoms with van der Waals surface area (Å²) in [6.07, 6.45) is -0.933. The molecule has 0 radical (unpaired) electrons. The molecule has 6 rings (SSSR count). The molecule has 3 aromatic carbocycles. The summed E-state index contributed by atoms with van der Waals surface area (Å²) < 4.78 is 41.4. The Hall–Kier alpha value is -4.64. The summed E-state index contributed by atoms with van der Waals surface area (Å²) in [6.45, 7) is 8.91. The first-order valence-electron chi connectivity index (χ1n) is 12.1. The zero-order valence-corrected chi connectivity index (χ0v) is 20.6. The predicted octanol–water partition coefficient (Wildman–Crippen LogP) is 5.42. The van der Waals surface area contributed by atoms with Crippen LogP contribution in [-0.4, -0.2) is 32.6 Å². The van der Waals surface area contributed by atoms with Gasteiger partial charge in [0.1, 0.15) is 17.3 Å². The standard InChI is InChI=1S/C29H21F2N3O5/c1-28-21(35)13-29(39-28,11-12-38-20-10-7-15(14-32)24(30)25(20)31)23-22(28)26(36)34(27(23)37)19-9-8-18(33-2)16-5-3-4-6-17(16)19/h3-10,21,35-37H,11-13H2,1H3. The zero-order chi connectivity index (χ0) is 27.7. The molecule has 3 heterocycles. The monoisotopic (exact) mass is 529 g/mol. The van der Waals surface area contributed by atoms with Crippen LogP contribution >= 0.6 is 0 Å². The number of aliphatic hydroxyl groups is 1. The Morgan fingerprint density at radius 2 is 1.82 bits per heavy atom. The lowest BCUT2D eigenvalue weighted by Gasteiger charge is -2.26. The summed E-state index contributed by atoms with van der Waals surface area (Å²) in [7, 11) is 0. The normalized spacial score (nSPS) is 23.0. The molecule has 2 aliphatic rings. The molecule has 0 amide bonds. The van der Waals surface area contributed by atoms with Gasteiger partial charge in [0.2, 0.25) is 17.6 Å². The average molecular weight is 529 g/mol. The van der Waals surface area contributed by atoms with Crippen molar-refractivity contribution in [1.29, 1.82) is 5.26 Å². The Bertz CT molecular complexity index is 1770. The molecule has 4 aromatic rings. The molecule has 8 nitrogen and oxygen atoms in total. The van der Waals surface area contributed by atoms with E-state index < -0.39 is 40.3 Å². The van der Waals surface area contributed by atoms with Crippen LogP contribution < -0.4 is 4.74 Å². The van der Waals surface area contributed by atoms with Gasteiger partial charge in [0.05, 0.1) is 41.7 Å². The molecule has 3 unspecified atom stereocenters. The second-order valence-corrected chi connectivity index (χ2v) is 9.87. The lowest BCUT2D eigenvalue weighted by molar-refractivity contribution is -0.107. The van der Waals surface area contributed by atoms with E-state index in [1.54, 1.807) is 49.4 Å². The van der Waals surface area contributed by atoms with Gasteiger partial charge in [0, 0.05) is 12.8 Å². The molecular weight excluding hydrogens is 508 g/mol. The highest BCUT2D eigenvalue weighted by atomic mass is 19.2. The van der Waals surface area contributed by atoms with Gasteiger partial charge in [-0.05, 0) is 35.9 Å². The molecule has 3 atom stereocenters. The van der Waals surface area contributed by atoms with Crippen LogP contribution in [0.25, 0.3) is 21.3 Å². The van der Waals surface area contributed by atoms with Crippen molar-refractivity contribution >= 4 is 16.5 Å². The van der Waals surface area contributed by atoms with Crippen molar-refractivity contribution in [1.82, 2.24) is 4.57 Å². The highest BCUT2D eigenvalue weighted by molar-refractivity contribution is 6.00. The number of hydrogen-bond acceptors (Lipinski definition) is 6. The number of benzene rings is 3. The fraction of sp³-hybridized carbons (Fsp3) is 0.241. The number of aromatic nitrogens is 1. The number of nitriles is 1. The summed E-state index contributed by atoms with van der Waals surface area (Å²) in [5.41, 5.74) is -1.73. The van der Waals surface area contributed by atoms with Crippen molar-refractivity contribution in [3.63, 3.8) is 0 Å². The molecule has 1 fully saturated rings. The van der Waals surface area contributed by atoms with E-state index in [0.717, 1.165) is 12.1 Å². The minimum atomic E-state index is -1.35. The van der Waals surface area contributed by atoms with Crippen LogP contribution in [0.1, 0.15) is 36.5 Å². The van der Waals surface area contributed by atoms with Gasteiger partial charge in [-0.15, -0.1) is 0 Å². The first-order chi connectivity index (χ1) is 18.7. The second kappa shape index (κ2) is 8.43.